The van der Waals surface area contributed by atoms with E-state index in [2.05, 4.69) is 10.3 Å². The number of rotatable bonds is 4. The van der Waals surface area contributed by atoms with Gasteiger partial charge in [0.05, 0.1) is 11.9 Å². The predicted molar refractivity (Wildman–Crippen MR) is 55.7 cm³/mol. The van der Waals surface area contributed by atoms with Crippen molar-refractivity contribution in [3.63, 3.8) is 0 Å². The van der Waals surface area contributed by atoms with Crippen molar-refractivity contribution in [1.29, 1.82) is 0 Å². The number of nitrogens with one attached hydrogen (secondary N) is 1. The minimum atomic E-state index is -0.328. The molecule has 1 aromatic heterocycles. The zero-order valence-electron chi connectivity index (χ0n) is 8.08. The van der Waals surface area contributed by atoms with Gasteiger partial charge in [-0.1, -0.05) is 0 Å². The number of hydrogen-bond acceptors (Lipinski definition) is 4. The monoisotopic (exact) mass is 194 g/mol. The second-order valence-corrected chi connectivity index (χ2v) is 3.08. The van der Waals surface area contributed by atoms with Crippen LogP contribution in [0.1, 0.15) is 12.0 Å². The Hall–Kier alpha value is -1.78. The second kappa shape index (κ2) is 4.45. The molecule has 5 N–H and O–H groups in total. The molecule has 0 unspecified atom stereocenters. The SMILES string of the molecule is Cc1cc(N)cnc1NCCC(N)=O. The number of aromatic nitrogens is 1. The fraction of sp³-hybridized carbons (Fsp3) is 0.333. The van der Waals surface area contributed by atoms with E-state index in [0.717, 1.165) is 11.4 Å². The summed E-state index contributed by atoms with van der Waals surface area (Å²) in [5, 5.41) is 3.00. The maximum Gasteiger partial charge on any atom is 0.219 e. The van der Waals surface area contributed by atoms with E-state index in [9.17, 15) is 4.79 Å². The number of hydrogen-bond donors (Lipinski definition) is 3. The summed E-state index contributed by atoms with van der Waals surface area (Å²) in [6.07, 6.45) is 1.87. The van der Waals surface area contributed by atoms with Gasteiger partial charge in [0, 0.05) is 13.0 Å². The van der Waals surface area contributed by atoms with Crippen LogP contribution in [0, 0.1) is 6.92 Å². The van der Waals surface area contributed by atoms with Gasteiger partial charge in [-0.15, -0.1) is 0 Å². The van der Waals surface area contributed by atoms with E-state index in [1.165, 1.54) is 0 Å². The van der Waals surface area contributed by atoms with Gasteiger partial charge in [0.2, 0.25) is 5.91 Å². The lowest BCUT2D eigenvalue weighted by Crippen LogP contribution is -2.16. The van der Waals surface area contributed by atoms with Gasteiger partial charge in [-0.3, -0.25) is 4.79 Å². The first-order valence-corrected chi connectivity index (χ1v) is 4.34. The molecule has 0 saturated heterocycles. The van der Waals surface area contributed by atoms with Crippen LogP contribution in [0.3, 0.4) is 0 Å². The van der Waals surface area contributed by atoms with Crippen molar-refractivity contribution >= 4 is 17.4 Å². The zero-order chi connectivity index (χ0) is 10.6. The van der Waals surface area contributed by atoms with Crippen molar-refractivity contribution in [2.24, 2.45) is 5.73 Å². The van der Waals surface area contributed by atoms with Gasteiger partial charge in [-0.2, -0.15) is 0 Å². The number of carbonyl (C=O) groups is 1. The maximum atomic E-state index is 10.5. The van der Waals surface area contributed by atoms with Gasteiger partial charge in [0.25, 0.3) is 0 Å². The van der Waals surface area contributed by atoms with E-state index in [1.807, 2.05) is 13.0 Å². The number of nitrogen functional groups attached to an aromatic ring is 1. The van der Waals surface area contributed by atoms with E-state index < -0.39 is 0 Å². The summed E-state index contributed by atoms with van der Waals surface area (Å²) in [5.41, 5.74) is 12.1. The summed E-state index contributed by atoms with van der Waals surface area (Å²) in [6, 6.07) is 1.82. The highest BCUT2D eigenvalue weighted by atomic mass is 16.1. The third-order valence-electron chi connectivity index (χ3n) is 1.76. The minimum Gasteiger partial charge on any atom is -0.397 e. The number of primary amides is 1. The van der Waals surface area contributed by atoms with Crippen LogP contribution in [0.4, 0.5) is 11.5 Å². The Morgan fingerprint density at radius 2 is 2.36 bits per heavy atom. The second-order valence-electron chi connectivity index (χ2n) is 3.08. The highest BCUT2D eigenvalue weighted by molar-refractivity contribution is 5.74. The molecule has 1 heterocycles. The molecule has 0 atom stereocenters. The molecule has 0 aliphatic carbocycles. The van der Waals surface area contributed by atoms with Crippen LogP contribution in [0.25, 0.3) is 0 Å². The lowest BCUT2D eigenvalue weighted by atomic mass is 10.2. The van der Waals surface area contributed by atoms with Crippen LogP contribution >= 0.6 is 0 Å². The molecule has 76 valence electrons. The summed E-state index contributed by atoms with van der Waals surface area (Å²) >= 11 is 0. The molecule has 0 radical (unpaired) electrons. The zero-order valence-corrected chi connectivity index (χ0v) is 8.08. The van der Waals surface area contributed by atoms with Gasteiger partial charge in [-0.25, -0.2) is 4.98 Å². The van der Waals surface area contributed by atoms with Crippen molar-refractivity contribution < 1.29 is 4.79 Å². The van der Waals surface area contributed by atoms with Gasteiger partial charge in [0.15, 0.2) is 0 Å². The van der Waals surface area contributed by atoms with Crippen LogP contribution in [0.15, 0.2) is 12.3 Å². The number of aryl methyl sites for hydroxylation is 1. The summed E-state index contributed by atoms with van der Waals surface area (Å²) < 4.78 is 0. The van der Waals surface area contributed by atoms with E-state index in [1.54, 1.807) is 6.20 Å². The number of carbonyl (C=O) groups excluding carboxylic acids is 1. The Bertz CT molecular complexity index is 338. The van der Waals surface area contributed by atoms with Gasteiger partial charge in [0.1, 0.15) is 5.82 Å². The molecule has 0 fully saturated rings. The third-order valence-corrected chi connectivity index (χ3v) is 1.76. The van der Waals surface area contributed by atoms with Crippen molar-refractivity contribution in [1.82, 2.24) is 4.98 Å². The standard InChI is InChI=1S/C9H14N4O/c1-6-4-7(10)5-13-9(6)12-3-2-8(11)14/h4-5H,2-3,10H2,1H3,(H2,11,14)(H,12,13). The summed E-state index contributed by atoms with van der Waals surface area (Å²) in [5.74, 6) is 0.408. The average Bonchev–Trinajstić information content (AvgIpc) is 2.08. The van der Waals surface area contributed by atoms with E-state index in [0.29, 0.717) is 18.7 Å². The highest BCUT2D eigenvalue weighted by Gasteiger charge is 2.00. The van der Waals surface area contributed by atoms with E-state index in [-0.39, 0.29) is 5.91 Å². The number of anilines is 2. The molecule has 1 aromatic rings. The van der Waals surface area contributed by atoms with Crippen molar-refractivity contribution in [2.75, 3.05) is 17.6 Å². The number of pyridine rings is 1. The van der Waals surface area contributed by atoms with E-state index in [4.69, 9.17) is 11.5 Å². The molecule has 5 heteroatoms. The number of nitrogens with zero attached hydrogens (tertiary/aromatic N) is 1. The van der Waals surface area contributed by atoms with Crippen molar-refractivity contribution in [3.05, 3.63) is 17.8 Å². The third kappa shape index (κ3) is 2.93. The van der Waals surface area contributed by atoms with Crippen LogP contribution in [0.2, 0.25) is 0 Å². The molecule has 0 saturated carbocycles. The Balaban J connectivity index is 2.55. The summed E-state index contributed by atoms with van der Waals surface area (Å²) in [7, 11) is 0. The molecule has 0 aromatic carbocycles. The summed E-state index contributed by atoms with van der Waals surface area (Å²) in [4.78, 5) is 14.6. The van der Waals surface area contributed by atoms with Crippen LogP contribution in [0.5, 0.6) is 0 Å². The van der Waals surface area contributed by atoms with Crippen LogP contribution < -0.4 is 16.8 Å². The van der Waals surface area contributed by atoms with Crippen LogP contribution in [-0.4, -0.2) is 17.4 Å². The Morgan fingerprint density at radius 3 is 2.93 bits per heavy atom. The number of amides is 1. The fourth-order valence-corrected chi connectivity index (χ4v) is 1.09. The molecular weight excluding hydrogens is 180 g/mol. The largest absolute Gasteiger partial charge is 0.397 e. The Morgan fingerprint density at radius 1 is 1.64 bits per heavy atom. The molecule has 1 amide bonds. The number of nitrogens with two attached hydrogens (primary N) is 2. The Kier molecular flexibility index (Phi) is 3.28. The molecule has 0 aliphatic rings. The topological polar surface area (TPSA) is 94.0 Å². The normalized spacial score (nSPS) is 9.79. The molecule has 0 aliphatic heterocycles. The van der Waals surface area contributed by atoms with E-state index >= 15 is 0 Å². The van der Waals surface area contributed by atoms with Crippen molar-refractivity contribution in [2.45, 2.75) is 13.3 Å². The predicted octanol–water partition coefficient (Wildman–Crippen LogP) is 0.260. The molecule has 5 nitrogen and oxygen atoms in total. The molecule has 0 spiro atoms. The van der Waals surface area contributed by atoms with Crippen molar-refractivity contribution in [3.8, 4) is 0 Å². The lowest BCUT2D eigenvalue weighted by Gasteiger charge is -2.07. The van der Waals surface area contributed by atoms with Gasteiger partial charge >= 0.3 is 0 Å². The quantitative estimate of drug-likeness (QED) is 0.640. The highest BCUT2D eigenvalue weighted by Crippen LogP contribution is 2.13. The maximum absolute atomic E-state index is 10.5. The van der Waals surface area contributed by atoms with Gasteiger partial charge in [-0.05, 0) is 18.6 Å². The van der Waals surface area contributed by atoms with Crippen LogP contribution in [-0.2, 0) is 4.79 Å². The first kappa shape index (κ1) is 10.3. The average molecular weight is 194 g/mol. The fourth-order valence-electron chi connectivity index (χ4n) is 1.09. The lowest BCUT2D eigenvalue weighted by molar-refractivity contribution is -0.117. The molecular formula is C9H14N4O. The first-order chi connectivity index (χ1) is 6.59. The van der Waals surface area contributed by atoms with Gasteiger partial charge < -0.3 is 16.8 Å². The molecule has 1 rings (SSSR count). The molecule has 0 bridgehead atoms. The summed E-state index contributed by atoms with van der Waals surface area (Å²) in [6.45, 7) is 2.39. The Labute approximate surface area is 82.5 Å². The smallest absolute Gasteiger partial charge is 0.219 e. The molecule has 14 heavy (non-hydrogen) atoms. The first-order valence-electron chi connectivity index (χ1n) is 4.34. The minimum absolute atomic E-state index is 0.297.